The van der Waals surface area contributed by atoms with Crippen molar-refractivity contribution in [3.63, 3.8) is 0 Å². The van der Waals surface area contributed by atoms with E-state index in [2.05, 4.69) is 0 Å². The zero-order valence-corrected chi connectivity index (χ0v) is 13.9. The Kier molecular flexibility index (Phi) is 4.85. The Hall–Kier alpha value is -3.06. The van der Waals surface area contributed by atoms with E-state index in [9.17, 15) is 19.1 Å². The van der Waals surface area contributed by atoms with Crippen molar-refractivity contribution in [3.05, 3.63) is 94.3 Å². The molecule has 25 heavy (non-hydrogen) atoms. The molecule has 7 heteroatoms. The predicted octanol–water partition coefficient (Wildman–Crippen LogP) is 3.39. The minimum absolute atomic E-state index is 0.0804. The lowest BCUT2D eigenvalue weighted by atomic mass is 10.0. The first-order valence-corrected chi connectivity index (χ1v) is 8.58. The van der Waals surface area contributed by atoms with Crippen LogP contribution in [-0.4, -0.2) is 18.9 Å². The molecule has 1 atom stereocenters. The van der Waals surface area contributed by atoms with Gasteiger partial charge >= 0.3 is 0 Å². The molecule has 0 fully saturated rings. The van der Waals surface area contributed by atoms with Crippen molar-refractivity contribution >= 4 is 22.5 Å². The SMILES string of the molecule is O=C(Cc1ccccc1[N+](=O)[O-])c1ccn(S(=O)c2ccccc2)c1. The number of aromatic nitrogens is 1. The highest BCUT2D eigenvalue weighted by atomic mass is 32.2. The summed E-state index contributed by atoms with van der Waals surface area (Å²) >= 11 is 0. The third-order valence-electron chi connectivity index (χ3n) is 3.66. The van der Waals surface area contributed by atoms with Gasteiger partial charge in [-0.1, -0.05) is 36.4 Å². The van der Waals surface area contributed by atoms with Crippen molar-refractivity contribution in [3.8, 4) is 0 Å². The van der Waals surface area contributed by atoms with Gasteiger partial charge in [0, 0.05) is 36.0 Å². The van der Waals surface area contributed by atoms with Crippen LogP contribution in [0.25, 0.3) is 0 Å². The van der Waals surface area contributed by atoms with Gasteiger partial charge in [-0.05, 0) is 18.2 Å². The van der Waals surface area contributed by atoms with Crippen molar-refractivity contribution in [2.75, 3.05) is 0 Å². The van der Waals surface area contributed by atoms with Crippen LogP contribution in [0.2, 0.25) is 0 Å². The second-order valence-electron chi connectivity index (χ2n) is 5.31. The second kappa shape index (κ2) is 7.23. The number of rotatable bonds is 6. The van der Waals surface area contributed by atoms with Crippen LogP contribution in [0, 0.1) is 10.1 Å². The van der Waals surface area contributed by atoms with E-state index in [1.165, 1.54) is 16.2 Å². The van der Waals surface area contributed by atoms with Crippen molar-refractivity contribution in [1.82, 2.24) is 3.97 Å². The Balaban J connectivity index is 1.80. The Morgan fingerprint density at radius 1 is 1.04 bits per heavy atom. The van der Waals surface area contributed by atoms with Gasteiger partial charge in [-0.15, -0.1) is 0 Å². The number of nitrogens with zero attached hydrogens (tertiary/aromatic N) is 2. The van der Waals surface area contributed by atoms with Crippen molar-refractivity contribution in [2.24, 2.45) is 0 Å². The Morgan fingerprint density at radius 2 is 1.72 bits per heavy atom. The first-order valence-electron chi connectivity index (χ1n) is 7.47. The third kappa shape index (κ3) is 3.72. The summed E-state index contributed by atoms with van der Waals surface area (Å²) in [5.74, 6) is -0.266. The molecule has 0 aliphatic carbocycles. The van der Waals surface area contributed by atoms with E-state index in [1.54, 1.807) is 54.7 Å². The van der Waals surface area contributed by atoms with Gasteiger partial charge in [-0.2, -0.15) is 0 Å². The standard InChI is InChI=1S/C18H14N2O4S/c21-18(12-14-6-4-5-9-17(14)20(22)23)15-10-11-19(13-15)25(24)16-7-2-1-3-8-16/h1-11,13H,12H2. The number of ketones is 1. The van der Waals surface area contributed by atoms with E-state index in [-0.39, 0.29) is 17.9 Å². The molecule has 1 heterocycles. The average molecular weight is 354 g/mol. The summed E-state index contributed by atoms with van der Waals surface area (Å²) in [4.78, 5) is 23.6. The monoisotopic (exact) mass is 354 g/mol. The highest BCUT2D eigenvalue weighted by Gasteiger charge is 2.18. The Bertz CT molecular complexity index is 950. The van der Waals surface area contributed by atoms with Gasteiger partial charge in [0.1, 0.15) is 0 Å². The number of para-hydroxylation sites is 1. The topological polar surface area (TPSA) is 82.2 Å². The fraction of sp³-hybridized carbons (Fsp3) is 0.0556. The molecule has 0 aliphatic rings. The average Bonchev–Trinajstić information content (AvgIpc) is 3.12. The maximum Gasteiger partial charge on any atom is 0.273 e. The molecule has 0 spiro atoms. The number of carbonyl (C=O) groups excluding carboxylic acids is 1. The van der Waals surface area contributed by atoms with Gasteiger partial charge in [-0.25, -0.2) is 4.21 Å². The molecular formula is C18H14N2O4S. The molecule has 0 saturated heterocycles. The van der Waals surface area contributed by atoms with Crippen LogP contribution in [0.15, 0.2) is 78.0 Å². The molecule has 1 aromatic heterocycles. The summed E-state index contributed by atoms with van der Waals surface area (Å²) in [5, 5.41) is 11.0. The van der Waals surface area contributed by atoms with Gasteiger partial charge in [0.2, 0.25) is 0 Å². The highest BCUT2D eigenvalue weighted by molar-refractivity contribution is 7.83. The fourth-order valence-electron chi connectivity index (χ4n) is 2.42. The number of Topliss-reactive ketones (excluding diaryl/α,β-unsaturated/α-hetero) is 1. The number of hydrogen-bond acceptors (Lipinski definition) is 4. The zero-order chi connectivity index (χ0) is 17.8. The lowest BCUT2D eigenvalue weighted by Crippen LogP contribution is -2.06. The fourth-order valence-corrected chi connectivity index (χ4v) is 3.43. The second-order valence-corrected chi connectivity index (χ2v) is 6.70. The third-order valence-corrected chi connectivity index (χ3v) is 4.95. The smallest absolute Gasteiger partial charge is 0.273 e. The number of carbonyl (C=O) groups is 1. The van der Waals surface area contributed by atoms with Crippen LogP contribution >= 0.6 is 0 Å². The van der Waals surface area contributed by atoms with Crippen LogP contribution in [0.1, 0.15) is 15.9 Å². The normalized spacial score (nSPS) is 11.8. The van der Waals surface area contributed by atoms with Gasteiger partial charge in [0.05, 0.1) is 9.82 Å². The van der Waals surface area contributed by atoms with E-state index >= 15 is 0 Å². The van der Waals surface area contributed by atoms with Crippen LogP contribution < -0.4 is 0 Å². The maximum atomic E-state index is 12.5. The minimum Gasteiger partial charge on any atom is -0.294 e. The molecule has 1 unspecified atom stereocenters. The van der Waals surface area contributed by atoms with Crippen molar-refractivity contribution < 1.29 is 13.9 Å². The summed E-state index contributed by atoms with van der Waals surface area (Å²) in [6.45, 7) is 0. The molecule has 0 N–H and O–H groups in total. The van der Waals surface area contributed by atoms with Crippen LogP contribution in [0.3, 0.4) is 0 Å². The number of nitro benzene ring substituents is 1. The number of hydrogen-bond donors (Lipinski definition) is 0. The van der Waals surface area contributed by atoms with Gasteiger partial charge in [0.25, 0.3) is 5.69 Å². The molecule has 0 saturated carbocycles. The molecule has 6 nitrogen and oxygen atoms in total. The number of benzene rings is 2. The molecule has 0 bridgehead atoms. The van der Waals surface area contributed by atoms with Crippen LogP contribution in [0.5, 0.6) is 0 Å². The molecule has 0 amide bonds. The Labute approximate surface area is 146 Å². The van der Waals surface area contributed by atoms with E-state index in [0.29, 0.717) is 16.0 Å². The maximum absolute atomic E-state index is 12.5. The molecular weight excluding hydrogens is 340 g/mol. The van der Waals surface area contributed by atoms with Crippen LogP contribution in [-0.2, 0) is 17.4 Å². The van der Waals surface area contributed by atoms with E-state index in [1.807, 2.05) is 6.07 Å². The van der Waals surface area contributed by atoms with Gasteiger partial charge in [-0.3, -0.25) is 18.9 Å². The zero-order valence-electron chi connectivity index (χ0n) is 13.1. The molecule has 2 aromatic carbocycles. The molecule has 0 radical (unpaired) electrons. The summed E-state index contributed by atoms with van der Waals surface area (Å²) < 4.78 is 13.9. The predicted molar refractivity (Wildman–Crippen MR) is 93.8 cm³/mol. The lowest BCUT2D eigenvalue weighted by molar-refractivity contribution is -0.385. The molecule has 0 aliphatic heterocycles. The highest BCUT2D eigenvalue weighted by Crippen LogP contribution is 2.20. The van der Waals surface area contributed by atoms with Crippen LogP contribution in [0.4, 0.5) is 5.69 Å². The van der Waals surface area contributed by atoms with Gasteiger partial charge < -0.3 is 0 Å². The first kappa shape index (κ1) is 16.8. The molecule has 3 rings (SSSR count). The van der Waals surface area contributed by atoms with E-state index in [0.717, 1.165) is 0 Å². The first-order chi connectivity index (χ1) is 12.1. The number of nitro groups is 1. The largest absolute Gasteiger partial charge is 0.294 e. The quantitative estimate of drug-likeness (QED) is 0.386. The van der Waals surface area contributed by atoms with Crippen molar-refractivity contribution in [1.29, 1.82) is 0 Å². The van der Waals surface area contributed by atoms with E-state index in [4.69, 9.17) is 0 Å². The van der Waals surface area contributed by atoms with Gasteiger partial charge in [0.15, 0.2) is 16.8 Å². The Morgan fingerprint density at radius 3 is 2.44 bits per heavy atom. The summed E-state index contributed by atoms with van der Waals surface area (Å²) in [7, 11) is -1.44. The molecule has 126 valence electrons. The summed E-state index contributed by atoms with van der Waals surface area (Å²) in [6, 6.07) is 16.6. The van der Waals surface area contributed by atoms with E-state index < -0.39 is 15.9 Å². The summed E-state index contributed by atoms with van der Waals surface area (Å²) in [6.07, 6.45) is 2.98. The van der Waals surface area contributed by atoms with Crippen molar-refractivity contribution in [2.45, 2.75) is 11.3 Å². The molecule has 3 aromatic rings. The lowest BCUT2D eigenvalue weighted by Gasteiger charge is -2.03. The summed E-state index contributed by atoms with van der Waals surface area (Å²) in [5.41, 5.74) is 0.639. The minimum atomic E-state index is -1.44.